The Morgan fingerprint density at radius 1 is 1.11 bits per heavy atom. The molecule has 0 aromatic heterocycles. The fourth-order valence-electron chi connectivity index (χ4n) is 2.95. The summed E-state index contributed by atoms with van der Waals surface area (Å²) < 4.78 is 11.2. The molecule has 18 heavy (non-hydrogen) atoms. The molecule has 1 aliphatic carbocycles. The van der Waals surface area contributed by atoms with E-state index in [1.807, 2.05) is 18.2 Å². The van der Waals surface area contributed by atoms with Crippen molar-refractivity contribution in [3.05, 3.63) is 18.2 Å². The highest BCUT2D eigenvalue weighted by molar-refractivity contribution is 5.56. The number of benzene rings is 1. The van der Waals surface area contributed by atoms with Crippen LogP contribution in [0.25, 0.3) is 0 Å². The van der Waals surface area contributed by atoms with Crippen LogP contribution in [0, 0.1) is 11.8 Å². The normalized spacial score (nSPS) is 27.8. The van der Waals surface area contributed by atoms with E-state index in [2.05, 4.69) is 13.8 Å². The predicted molar refractivity (Wildman–Crippen MR) is 74.0 cm³/mol. The van der Waals surface area contributed by atoms with E-state index < -0.39 is 0 Å². The number of nitrogen functional groups attached to an aromatic ring is 1. The van der Waals surface area contributed by atoms with Crippen molar-refractivity contribution in [1.82, 2.24) is 0 Å². The third-order valence-corrected chi connectivity index (χ3v) is 3.64. The topological polar surface area (TPSA) is 44.5 Å². The second-order valence-electron chi connectivity index (χ2n) is 5.56. The van der Waals surface area contributed by atoms with Crippen LogP contribution in [0.15, 0.2) is 18.2 Å². The zero-order valence-corrected chi connectivity index (χ0v) is 11.5. The maximum Gasteiger partial charge on any atom is 0.142 e. The van der Waals surface area contributed by atoms with Gasteiger partial charge in [0.05, 0.1) is 18.9 Å². The molecule has 1 saturated carbocycles. The molecule has 0 spiro atoms. The lowest BCUT2D eigenvalue weighted by atomic mass is 9.82. The van der Waals surface area contributed by atoms with Gasteiger partial charge in [-0.2, -0.15) is 0 Å². The number of nitrogens with two attached hydrogens (primary N) is 1. The number of hydrogen-bond donors (Lipinski definition) is 1. The van der Waals surface area contributed by atoms with E-state index in [-0.39, 0.29) is 0 Å². The van der Waals surface area contributed by atoms with Gasteiger partial charge in [0.15, 0.2) is 0 Å². The second kappa shape index (κ2) is 5.51. The SMILES string of the molecule is COc1ccc(OC2CC(C)CC(C)C2)cc1N. The molecule has 3 nitrogen and oxygen atoms in total. The molecule has 0 saturated heterocycles. The van der Waals surface area contributed by atoms with Crippen molar-refractivity contribution in [2.75, 3.05) is 12.8 Å². The summed E-state index contributed by atoms with van der Waals surface area (Å²) in [5.41, 5.74) is 6.52. The third-order valence-electron chi connectivity index (χ3n) is 3.64. The van der Waals surface area contributed by atoms with Crippen LogP contribution in [-0.4, -0.2) is 13.2 Å². The van der Waals surface area contributed by atoms with E-state index in [1.165, 1.54) is 6.42 Å². The van der Waals surface area contributed by atoms with Crippen LogP contribution in [0.1, 0.15) is 33.1 Å². The molecule has 1 aliphatic rings. The third kappa shape index (κ3) is 3.09. The van der Waals surface area contributed by atoms with Crippen molar-refractivity contribution >= 4 is 5.69 Å². The highest BCUT2D eigenvalue weighted by atomic mass is 16.5. The molecule has 2 rings (SSSR count). The van der Waals surface area contributed by atoms with E-state index in [1.54, 1.807) is 7.11 Å². The Labute approximate surface area is 109 Å². The van der Waals surface area contributed by atoms with Crippen LogP contribution in [0.3, 0.4) is 0 Å². The van der Waals surface area contributed by atoms with Crippen LogP contribution in [-0.2, 0) is 0 Å². The van der Waals surface area contributed by atoms with Gasteiger partial charge in [-0.15, -0.1) is 0 Å². The molecule has 2 N–H and O–H groups in total. The van der Waals surface area contributed by atoms with Gasteiger partial charge in [0.25, 0.3) is 0 Å². The fraction of sp³-hybridized carbons (Fsp3) is 0.600. The summed E-state index contributed by atoms with van der Waals surface area (Å²) in [5.74, 6) is 3.04. The van der Waals surface area contributed by atoms with Gasteiger partial charge in [0.2, 0.25) is 0 Å². The van der Waals surface area contributed by atoms with Crippen molar-refractivity contribution in [1.29, 1.82) is 0 Å². The first kappa shape index (κ1) is 13.1. The molecule has 2 atom stereocenters. The molecule has 3 heteroatoms. The first-order valence-corrected chi connectivity index (χ1v) is 6.68. The zero-order chi connectivity index (χ0) is 13.1. The van der Waals surface area contributed by atoms with Crippen molar-refractivity contribution < 1.29 is 9.47 Å². The van der Waals surface area contributed by atoms with Crippen molar-refractivity contribution in [2.24, 2.45) is 11.8 Å². The van der Waals surface area contributed by atoms with Gasteiger partial charge >= 0.3 is 0 Å². The van der Waals surface area contributed by atoms with Crippen molar-refractivity contribution in [2.45, 2.75) is 39.2 Å². The Morgan fingerprint density at radius 3 is 2.33 bits per heavy atom. The summed E-state index contributed by atoms with van der Waals surface area (Å²) >= 11 is 0. The van der Waals surface area contributed by atoms with Gasteiger partial charge in [-0.3, -0.25) is 0 Å². The number of hydrogen-bond acceptors (Lipinski definition) is 3. The Morgan fingerprint density at radius 2 is 1.78 bits per heavy atom. The van der Waals surface area contributed by atoms with Gasteiger partial charge in [0.1, 0.15) is 11.5 Å². The zero-order valence-electron chi connectivity index (χ0n) is 11.5. The van der Waals surface area contributed by atoms with Gasteiger partial charge in [-0.05, 0) is 43.2 Å². The molecule has 1 aromatic carbocycles. The Hall–Kier alpha value is -1.38. The van der Waals surface area contributed by atoms with Gasteiger partial charge in [-0.1, -0.05) is 13.8 Å². The molecule has 1 fully saturated rings. The van der Waals surface area contributed by atoms with Crippen LogP contribution in [0.4, 0.5) is 5.69 Å². The molecular formula is C15H23NO2. The highest BCUT2D eigenvalue weighted by Gasteiger charge is 2.25. The molecule has 100 valence electrons. The number of rotatable bonds is 3. The first-order chi connectivity index (χ1) is 8.58. The predicted octanol–water partition coefficient (Wildman–Crippen LogP) is 3.48. The van der Waals surface area contributed by atoms with E-state index in [4.69, 9.17) is 15.2 Å². The lowest BCUT2D eigenvalue weighted by molar-refractivity contribution is 0.101. The second-order valence-corrected chi connectivity index (χ2v) is 5.56. The van der Waals surface area contributed by atoms with Crippen LogP contribution < -0.4 is 15.2 Å². The molecular weight excluding hydrogens is 226 g/mol. The quantitative estimate of drug-likeness (QED) is 0.834. The summed E-state index contributed by atoms with van der Waals surface area (Å²) in [5, 5.41) is 0. The Balaban J connectivity index is 2.02. The molecule has 0 heterocycles. The van der Waals surface area contributed by atoms with Crippen molar-refractivity contribution in [3.63, 3.8) is 0 Å². The average Bonchev–Trinajstić information content (AvgIpc) is 2.27. The fourth-order valence-corrected chi connectivity index (χ4v) is 2.95. The lowest BCUT2D eigenvalue weighted by Crippen LogP contribution is -2.28. The Kier molecular flexibility index (Phi) is 4.00. The summed E-state index contributed by atoms with van der Waals surface area (Å²) in [6.45, 7) is 4.60. The van der Waals surface area contributed by atoms with Crippen molar-refractivity contribution in [3.8, 4) is 11.5 Å². The maximum absolute atomic E-state index is 6.04. The summed E-state index contributed by atoms with van der Waals surface area (Å²) in [6.07, 6.45) is 3.90. The van der Waals surface area contributed by atoms with Crippen LogP contribution >= 0.6 is 0 Å². The van der Waals surface area contributed by atoms with E-state index in [9.17, 15) is 0 Å². The first-order valence-electron chi connectivity index (χ1n) is 6.68. The van der Waals surface area contributed by atoms with Gasteiger partial charge in [-0.25, -0.2) is 0 Å². The minimum absolute atomic E-state index is 0.316. The minimum atomic E-state index is 0.316. The van der Waals surface area contributed by atoms with Gasteiger partial charge < -0.3 is 15.2 Å². The lowest BCUT2D eigenvalue weighted by Gasteiger charge is -2.31. The van der Waals surface area contributed by atoms with E-state index in [0.717, 1.165) is 30.4 Å². The summed E-state index contributed by atoms with van der Waals surface area (Å²) in [7, 11) is 1.62. The maximum atomic E-state index is 6.04. The van der Waals surface area contributed by atoms with Crippen LogP contribution in [0.2, 0.25) is 0 Å². The molecule has 0 aliphatic heterocycles. The summed E-state index contributed by atoms with van der Waals surface area (Å²) in [6, 6.07) is 5.64. The molecule has 0 amide bonds. The average molecular weight is 249 g/mol. The van der Waals surface area contributed by atoms with Crippen LogP contribution in [0.5, 0.6) is 11.5 Å². The molecule has 2 unspecified atom stereocenters. The smallest absolute Gasteiger partial charge is 0.142 e. The Bertz CT molecular complexity index is 395. The highest BCUT2D eigenvalue weighted by Crippen LogP contribution is 2.33. The number of anilines is 1. The molecule has 1 aromatic rings. The molecule has 0 bridgehead atoms. The molecule has 0 radical (unpaired) electrons. The van der Waals surface area contributed by atoms with Gasteiger partial charge in [0, 0.05) is 6.07 Å². The van der Waals surface area contributed by atoms with E-state index >= 15 is 0 Å². The standard InChI is InChI=1S/C15H23NO2/c1-10-6-11(2)8-13(7-10)18-12-4-5-15(17-3)14(16)9-12/h4-5,9-11,13H,6-8,16H2,1-3H3. The largest absolute Gasteiger partial charge is 0.495 e. The number of methoxy groups -OCH3 is 1. The minimum Gasteiger partial charge on any atom is -0.495 e. The van der Waals surface area contributed by atoms with E-state index in [0.29, 0.717) is 17.5 Å². The monoisotopic (exact) mass is 249 g/mol. The summed E-state index contributed by atoms with van der Waals surface area (Å²) in [4.78, 5) is 0. The number of ether oxygens (including phenoxy) is 2.